The highest BCUT2D eigenvalue weighted by Crippen LogP contribution is 2.25. The van der Waals surface area contributed by atoms with Gasteiger partial charge in [0.1, 0.15) is 5.75 Å². The monoisotopic (exact) mass is 394 g/mol. The van der Waals surface area contributed by atoms with Crippen LogP contribution in [-0.2, 0) is 4.79 Å². The predicted octanol–water partition coefficient (Wildman–Crippen LogP) is 5.18. The Balaban J connectivity index is 1.57. The molecule has 1 saturated heterocycles. The number of aryl methyl sites for hydroxylation is 2. The number of nitrogens with one attached hydrogen (secondary N) is 1. The van der Waals surface area contributed by atoms with E-state index in [1.165, 1.54) is 18.5 Å². The van der Waals surface area contributed by atoms with Crippen molar-refractivity contribution in [2.24, 2.45) is 5.92 Å². The quantitative estimate of drug-likeness (QED) is 0.733. The summed E-state index contributed by atoms with van der Waals surface area (Å²) >= 11 is 0. The zero-order valence-electron chi connectivity index (χ0n) is 18.4. The fraction of sp³-hybridized carbons (Fsp3) is 0.480. The maximum absolute atomic E-state index is 12.6. The summed E-state index contributed by atoms with van der Waals surface area (Å²) in [5.41, 5.74) is 4.63. The Labute approximate surface area is 175 Å². The Morgan fingerprint density at radius 2 is 1.76 bits per heavy atom. The van der Waals surface area contributed by atoms with Crippen molar-refractivity contribution in [1.29, 1.82) is 0 Å². The largest absolute Gasteiger partial charge is 0.481 e. The smallest absolute Gasteiger partial charge is 0.261 e. The van der Waals surface area contributed by atoms with E-state index in [4.69, 9.17) is 4.74 Å². The van der Waals surface area contributed by atoms with Gasteiger partial charge in [-0.1, -0.05) is 25.1 Å². The number of carbonyl (C=O) groups is 1. The molecule has 0 radical (unpaired) electrons. The first-order chi connectivity index (χ1) is 13.8. The molecule has 0 saturated carbocycles. The number of hydrogen-bond acceptors (Lipinski definition) is 3. The number of amides is 1. The second-order valence-corrected chi connectivity index (χ2v) is 8.60. The van der Waals surface area contributed by atoms with E-state index in [9.17, 15) is 4.79 Å². The van der Waals surface area contributed by atoms with Crippen LogP contribution < -0.4 is 15.0 Å². The average Bonchev–Trinajstić information content (AvgIpc) is 2.67. The molecular formula is C25H34N2O2. The van der Waals surface area contributed by atoms with Crippen LogP contribution >= 0.6 is 0 Å². The number of carbonyl (C=O) groups excluding carboxylic acids is 1. The minimum absolute atomic E-state index is 0.0675. The topological polar surface area (TPSA) is 41.6 Å². The van der Waals surface area contributed by atoms with Crippen LogP contribution in [0.15, 0.2) is 42.5 Å². The summed E-state index contributed by atoms with van der Waals surface area (Å²) in [7, 11) is 0. The van der Waals surface area contributed by atoms with E-state index >= 15 is 0 Å². The van der Waals surface area contributed by atoms with Gasteiger partial charge in [-0.05, 0) is 87.4 Å². The van der Waals surface area contributed by atoms with Gasteiger partial charge in [-0.15, -0.1) is 0 Å². The number of hydrogen-bond donors (Lipinski definition) is 1. The molecule has 4 heteroatoms. The van der Waals surface area contributed by atoms with Gasteiger partial charge in [0.2, 0.25) is 0 Å². The summed E-state index contributed by atoms with van der Waals surface area (Å²) < 4.78 is 5.86. The third-order valence-electron chi connectivity index (χ3n) is 5.65. The van der Waals surface area contributed by atoms with Gasteiger partial charge < -0.3 is 15.0 Å². The van der Waals surface area contributed by atoms with Crippen LogP contribution in [0.1, 0.15) is 56.3 Å². The summed E-state index contributed by atoms with van der Waals surface area (Å²) in [6.45, 7) is 12.4. The molecule has 0 aliphatic carbocycles. The molecule has 1 amide bonds. The first-order valence-electron chi connectivity index (χ1n) is 10.7. The van der Waals surface area contributed by atoms with E-state index in [1.807, 2.05) is 32.9 Å². The molecule has 3 rings (SSSR count). The van der Waals surface area contributed by atoms with E-state index in [0.29, 0.717) is 0 Å². The zero-order valence-corrected chi connectivity index (χ0v) is 18.4. The zero-order chi connectivity index (χ0) is 21.0. The van der Waals surface area contributed by atoms with Crippen LogP contribution in [0, 0.1) is 19.8 Å². The summed E-state index contributed by atoms with van der Waals surface area (Å²) in [6, 6.07) is 14.5. The van der Waals surface area contributed by atoms with Crippen molar-refractivity contribution >= 4 is 11.6 Å². The third kappa shape index (κ3) is 5.75. The molecule has 0 spiro atoms. The second kappa shape index (κ2) is 9.34. The van der Waals surface area contributed by atoms with Gasteiger partial charge in [0.25, 0.3) is 5.91 Å². The third-order valence-corrected chi connectivity index (χ3v) is 5.65. The molecule has 1 fully saturated rings. The minimum atomic E-state index is -0.548. The number of ether oxygens (including phenoxy) is 1. The summed E-state index contributed by atoms with van der Waals surface area (Å²) in [4.78, 5) is 15.1. The van der Waals surface area contributed by atoms with E-state index in [1.54, 1.807) is 6.92 Å². The number of piperidine rings is 1. The lowest BCUT2D eigenvalue weighted by Crippen LogP contribution is -2.37. The standard InChI is InChI=1S/C25H34N2O2/c1-17-7-6-12-27(16-17)23-10-8-22(9-11-23)20(4)26-25(28)21(5)29-24-14-18(2)13-19(3)15-24/h8-11,13-15,17,20-21H,6-7,12,16H2,1-5H3,(H,26,28)/t17-,20+,21-/m1/s1. The molecule has 2 aromatic carbocycles. The van der Waals surface area contributed by atoms with Gasteiger partial charge in [-0.3, -0.25) is 4.79 Å². The van der Waals surface area contributed by atoms with Crippen LogP contribution in [0.25, 0.3) is 0 Å². The SMILES string of the molecule is Cc1cc(C)cc(O[C@H](C)C(=O)N[C@@H](C)c2ccc(N3CCC[C@@H](C)C3)cc2)c1. The highest BCUT2D eigenvalue weighted by atomic mass is 16.5. The highest BCUT2D eigenvalue weighted by Gasteiger charge is 2.19. The van der Waals surface area contributed by atoms with Crippen molar-refractivity contribution in [3.63, 3.8) is 0 Å². The van der Waals surface area contributed by atoms with Crippen LogP contribution in [0.5, 0.6) is 5.75 Å². The van der Waals surface area contributed by atoms with E-state index < -0.39 is 6.10 Å². The summed E-state index contributed by atoms with van der Waals surface area (Å²) in [5, 5.41) is 3.07. The van der Waals surface area contributed by atoms with Crippen LogP contribution in [-0.4, -0.2) is 25.1 Å². The fourth-order valence-electron chi connectivity index (χ4n) is 4.07. The Hall–Kier alpha value is -2.49. The van der Waals surface area contributed by atoms with Gasteiger partial charge in [-0.25, -0.2) is 0 Å². The lowest BCUT2D eigenvalue weighted by Gasteiger charge is -2.33. The Kier molecular flexibility index (Phi) is 6.83. The molecule has 1 heterocycles. The van der Waals surface area contributed by atoms with Crippen molar-refractivity contribution in [1.82, 2.24) is 5.32 Å². The predicted molar refractivity (Wildman–Crippen MR) is 120 cm³/mol. The van der Waals surface area contributed by atoms with E-state index in [-0.39, 0.29) is 11.9 Å². The molecule has 3 atom stereocenters. The van der Waals surface area contributed by atoms with Crippen LogP contribution in [0.3, 0.4) is 0 Å². The summed E-state index contributed by atoms with van der Waals surface area (Å²) in [6.07, 6.45) is 2.03. The summed E-state index contributed by atoms with van der Waals surface area (Å²) in [5.74, 6) is 1.38. The molecule has 0 aromatic heterocycles. The number of benzene rings is 2. The van der Waals surface area contributed by atoms with Gasteiger partial charge in [0.05, 0.1) is 6.04 Å². The second-order valence-electron chi connectivity index (χ2n) is 8.60. The van der Waals surface area contributed by atoms with Crippen molar-refractivity contribution in [2.45, 2.75) is 59.6 Å². The maximum atomic E-state index is 12.6. The first-order valence-corrected chi connectivity index (χ1v) is 10.7. The number of rotatable bonds is 6. The van der Waals surface area contributed by atoms with E-state index in [2.05, 4.69) is 47.5 Å². The fourth-order valence-corrected chi connectivity index (χ4v) is 4.07. The highest BCUT2D eigenvalue weighted by molar-refractivity contribution is 5.81. The first kappa shape index (κ1) is 21.2. The lowest BCUT2D eigenvalue weighted by atomic mass is 9.99. The molecular weight excluding hydrogens is 360 g/mol. The average molecular weight is 395 g/mol. The molecule has 4 nitrogen and oxygen atoms in total. The number of nitrogens with zero attached hydrogens (tertiary/aromatic N) is 1. The molecule has 156 valence electrons. The molecule has 0 bridgehead atoms. The van der Waals surface area contributed by atoms with Crippen molar-refractivity contribution in [3.8, 4) is 5.75 Å². The maximum Gasteiger partial charge on any atom is 0.261 e. The van der Waals surface area contributed by atoms with Crippen molar-refractivity contribution in [3.05, 3.63) is 59.2 Å². The molecule has 1 N–H and O–H groups in total. The number of anilines is 1. The van der Waals surface area contributed by atoms with Gasteiger partial charge >= 0.3 is 0 Å². The molecule has 29 heavy (non-hydrogen) atoms. The van der Waals surface area contributed by atoms with E-state index in [0.717, 1.165) is 41.4 Å². The van der Waals surface area contributed by atoms with Crippen molar-refractivity contribution < 1.29 is 9.53 Å². The molecule has 2 aromatic rings. The minimum Gasteiger partial charge on any atom is -0.481 e. The normalized spacial score (nSPS) is 18.8. The van der Waals surface area contributed by atoms with Crippen LogP contribution in [0.2, 0.25) is 0 Å². The Morgan fingerprint density at radius 3 is 2.38 bits per heavy atom. The van der Waals surface area contributed by atoms with Crippen molar-refractivity contribution in [2.75, 3.05) is 18.0 Å². The van der Waals surface area contributed by atoms with Gasteiger partial charge in [0, 0.05) is 18.8 Å². The molecule has 0 unspecified atom stereocenters. The van der Waals surface area contributed by atoms with Gasteiger partial charge in [-0.2, -0.15) is 0 Å². The Bertz CT molecular complexity index is 811. The van der Waals surface area contributed by atoms with Crippen LogP contribution in [0.4, 0.5) is 5.69 Å². The van der Waals surface area contributed by atoms with Gasteiger partial charge in [0.15, 0.2) is 6.10 Å². The molecule has 1 aliphatic rings. The Morgan fingerprint density at radius 1 is 1.10 bits per heavy atom. The molecule has 1 aliphatic heterocycles. The lowest BCUT2D eigenvalue weighted by molar-refractivity contribution is -0.127.